The third kappa shape index (κ3) is 2.84. The maximum absolute atomic E-state index is 12.5. The molecule has 0 aromatic heterocycles. The topological polar surface area (TPSA) is 86.7 Å². The van der Waals surface area contributed by atoms with Gasteiger partial charge in [0.2, 0.25) is 5.91 Å². The van der Waals surface area contributed by atoms with E-state index in [1.807, 2.05) is 30.3 Å². The standard InChI is InChI=1S/C17H14N2O4/c20-15-9-13-8-12(16(21)18-23)6-7-14(13)17(22)19(15)10-11-4-2-1-3-5-11/h1-8,23H,9-10H2,(H,18,21). The number of hydrogen-bond acceptors (Lipinski definition) is 4. The molecule has 0 radical (unpaired) electrons. The van der Waals surface area contributed by atoms with E-state index in [1.54, 1.807) is 0 Å². The Hall–Kier alpha value is -2.99. The summed E-state index contributed by atoms with van der Waals surface area (Å²) < 4.78 is 0. The first-order chi connectivity index (χ1) is 11.1. The molecule has 1 aliphatic heterocycles. The first-order valence-corrected chi connectivity index (χ1v) is 7.06. The van der Waals surface area contributed by atoms with Crippen molar-refractivity contribution in [1.29, 1.82) is 0 Å². The van der Waals surface area contributed by atoms with Gasteiger partial charge in [-0.1, -0.05) is 30.3 Å². The SMILES string of the molecule is O=C(NO)c1ccc2c(c1)CC(=O)N(Cc1ccccc1)C2=O. The van der Waals surface area contributed by atoms with E-state index in [0.717, 1.165) is 5.56 Å². The number of carbonyl (C=O) groups excluding carboxylic acids is 3. The van der Waals surface area contributed by atoms with Crippen molar-refractivity contribution in [2.45, 2.75) is 13.0 Å². The summed E-state index contributed by atoms with van der Waals surface area (Å²) in [5.41, 5.74) is 3.49. The van der Waals surface area contributed by atoms with Gasteiger partial charge in [-0.05, 0) is 29.3 Å². The Labute approximate surface area is 132 Å². The molecule has 0 atom stereocenters. The normalized spacial score (nSPS) is 13.7. The van der Waals surface area contributed by atoms with Gasteiger partial charge in [-0.3, -0.25) is 24.5 Å². The Morgan fingerprint density at radius 3 is 2.57 bits per heavy atom. The molecular formula is C17H14N2O4. The van der Waals surface area contributed by atoms with Crippen LogP contribution in [0, 0.1) is 0 Å². The van der Waals surface area contributed by atoms with Gasteiger partial charge in [0.15, 0.2) is 0 Å². The zero-order valence-corrected chi connectivity index (χ0v) is 12.2. The maximum Gasteiger partial charge on any atom is 0.274 e. The molecule has 2 N–H and O–H groups in total. The molecule has 0 fully saturated rings. The van der Waals surface area contributed by atoms with E-state index in [0.29, 0.717) is 11.1 Å². The van der Waals surface area contributed by atoms with Crippen LogP contribution in [0.2, 0.25) is 0 Å². The predicted molar refractivity (Wildman–Crippen MR) is 80.7 cm³/mol. The van der Waals surface area contributed by atoms with E-state index in [1.165, 1.54) is 28.6 Å². The van der Waals surface area contributed by atoms with Gasteiger partial charge in [0.1, 0.15) is 0 Å². The summed E-state index contributed by atoms with van der Waals surface area (Å²) in [6.07, 6.45) is 0.0421. The number of amides is 3. The van der Waals surface area contributed by atoms with Crippen molar-refractivity contribution in [2.24, 2.45) is 0 Å². The van der Waals surface area contributed by atoms with Crippen LogP contribution in [0.25, 0.3) is 0 Å². The first-order valence-electron chi connectivity index (χ1n) is 7.06. The summed E-state index contributed by atoms with van der Waals surface area (Å²) >= 11 is 0. The van der Waals surface area contributed by atoms with Gasteiger partial charge in [-0.25, -0.2) is 5.48 Å². The molecule has 3 rings (SSSR count). The molecule has 0 unspecified atom stereocenters. The minimum atomic E-state index is -0.681. The Kier molecular flexibility index (Phi) is 3.91. The fraction of sp³-hybridized carbons (Fsp3) is 0.118. The van der Waals surface area contributed by atoms with Crippen molar-refractivity contribution in [2.75, 3.05) is 0 Å². The van der Waals surface area contributed by atoms with E-state index >= 15 is 0 Å². The molecule has 2 aromatic rings. The number of nitrogens with one attached hydrogen (secondary N) is 1. The van der Waals surface area contributed by atoms with Crippen molar-refractivity contribution < 1.29 is 19.6 Å². The van der Waals surface area contributed by atoms with Gasteiger partial charge in [0.05, 0.1) is 13.0 Å². The van der Waals surface area contributed by atoms with Gasteiger partial charge in [-0.2, -0.15) is 0 Å². The molecule has 116 valence electrons. The van der Waals surface area contributed by atoms with Crippen LogP contribution >= 0.6 is 0 Å². The molecule has 3 amide bonds. The molecule has 0 spiro atoms. The lowest BCUT2D eigenvalue weighted by atomic mass is 9.95. The lowest BCUT2D eigenvalue weighted by Crippen LogP contribution is -2.41. The van der Waals surface area contributed by atoms with Gasteiger partial charge in [0, 0.05) is 11.1 Å². The number of benzene rings is 2. The van der Waals surface area contributed by atoms with Crippen LogP contribution in [0.15, 0.2) is 48.5 Å². The fourth-order valence-electron chi connectivity index (χ4n) is 2.60. The van der Waals surface area contributed by atoms with E-state index in [4.69, 9.17) is 5.21 Å². The summed E-state index contributed by atoms with van der Waals surface area (Å²) in [5, 5.41) is 8.66. The lowest BCUT2D eigenvalue weighted by molar-refractivity contribution is -0.128. The lowest BCUT2D eigenvalue weighted by Gasteiger charge is -2.27. The van der Waals surface area contributed by atoms with Crippen molar-refractivity contribution in [3.05, 3.63) is 70.8 Å². The van der Waals surface area contributed by atoms with Crippen molar-refractivity contribution in [1.82, 2.24) is 10.4 Å². The highest BCUT2D eigenvalue weighted by Crippen LogP contribution is 2.23. The molecular weight excluding hydrogens is 296 g/mol. The summed E-state index contributed by atoms with van der Waals surface area (Å²) in [6.45, 7) is 0.219. The molecule has 0 saturated heterocycles. The number of imide groups is 1. The van der Waals surface area contributed by atoms with Crippen molar-refractivity contribution in [3.8, 4) is 0 Å². The molecule has 23 heavy (non-hydrogen) atoms. The second kappa shape index (κ2) is 6.02. The fourth-order valence-corrected chi connectivity index (χ4v) is 2.60. The van der Waals surface area contributed by atoms with Crippen LogP contribution in [0.3, 0.4) is 0 Å². The smallest absolute Gasteiger partial charge is 0.274 e. The van der Waals surface area contributed by atoms with Crippen LogP contribution in [-0.4, -0.2) is 27.8 Å². The number of rotatable bonds is 3. The van der Waals surface area contributed by atoms with Gasteiger partial charge >= 0.3 is 0 Å². The Balaban J connectivity index is 1.90. The summed E-state index contributed by atoms with van der Waals surface area (Å²) in [6, 6.07) is 13.7. The van der Waals surface area contributed by atoms with Gasteiger partial charge in [-0.15, -0.1) is 0 Å². The molecule has 0 bridgehead atoms. The van der Waals surface area contributed by atoms with Crippen LogP contribution in [0.4, 0.5) is 0 Å². The third-order valence-electron chi connectivity index (χ3n) is 3.77. The summed E-state index contributed by atoms with van der Waals surface area (Å²) in [4.78, 5) is 37.5. The second-order valence-electron chi connectivity index (χ2n) is 5.26. The number of nitrogens with zero attached hydrogens (tertiary/aromatic N) is 1. The van der Waals surface area contributed by atoms with E-state index in [9.17, 15) is 14.4 Å². The molecule has 6 heteroatoms. The molecule has 0 aliphatic carbocycles. The van der Waals surface area contributed by atoms with E-state index in [2.05, 4.69) is 0 Å². The largest absolute Gasteiger partial charge is 0.288 e. The molecule has 1 aliphatic rings. The Bertz CT molecular complexity index is 786. The summed E-state index contributed by atoms with van der Waals surface area (Å²) in [5.74, 6) is -1.37. The Morgan fingerprint density at radius 1 is 1.13 bits per heavy atom. The van der Waals surface area contributed by atoms with Crippen LogP contribution in [0.1, 0.15) is 31.8 Å². The molecule has 2 aromatic carbocycles. The minimum Gasteiger partial charge on any atom is -0.288 e. The zero-order valence-electron chi connectivity index (χ0n) is 12.2. The number of carbonyl (C=O) groups is 3. The molecule has 6 nitrogen and oxygen atoms in total. The van der Waals surface area contributed by atoms with Crippen LogP contribution in [0.5, 0.6) is 0 Å². The first kappa shape index (κ1) is 14.9. The maximum atomic E-state index is 12.5. The molecule has 0 saturated carbocycles. The number of fused-ring (bicyclic) bond motifs is 1. The number of hydrogen-bond donors (Lipinski definition) is 2. The zero-order chi connectivity index (χ0) is 16.4. The van der Waals surface area contributed by atoms with E-state index < -0.39 is 5.91 Å². The number of hydroxylamine groups is 1. The monoisotopic (exact) mass is 310 g/mol. The quantitative estimate of drug-likeness (QED) is 0.511. The highest BCUT2D eigenvalue weighted by molar-refractivity contribution is 6.10. The third-order valence-corrected chi connectivity index (χ3v) is 3.77. The second-order valence-corrected chi connectivity index (χ2v) is 5.26. The highest BCUT2D eigenvalue weighted by atomic mass is 16.5. The van der Waals surface area contributed by atoms with Gasteiger partial charge < -0.3 is 0 Å². The highest BCUT2D eigenvalue weighted by Gasteiger charge is 2.31. The van der Waals surface area contributed by atoms with Crippen LogP contribution < -0.4 is 5.48 Å². The summed E-state index contributed by atoms with van der Waals surface area (Å²) in [7, 11) is 0. The molecule has 1 heterocycles. The minimum absolute atomic E-state index is 0.0421. The van der Waals surface area contributed by atoms with Gasteiger partial charge in [0.25, 0.3) is 11.8 Å². The predicted octanol–water partition coefficient (Wildman–Crippen LogP) is 1.53. The van der Waals surface area contributed by atoms with Crippen molar-refractivity contribution in [3.63, 3.8) is 0 Å². The average molecular weight is 310 g/mol. The average Bonchev–Trinajstić information content (AvgIpc) is 2.58. The van der Waals surface area contributed by atoms with E-state index in [-0.39, 0.29) is 30.3 Å². The Morgan fingerprint density at radius 2 is 1.87 bits per heavy atom. The van der Waals surface area contributed by atoms with Crippen LogP contribution in [-0.2, 0) is 17.8 Å². The van der Waals surface area contributed by atoms with Crippen molar-refractivity contribution >= 4 is 17.7 Å².